The van der Waals surface area contributed by atoms with Crippen LogP contribution in [-0.2, 0) is 6.42 Å². The molecule has 0 saturated carbocycles. The van der Waals surface area contributed by atoms with Crippen LogP contribution in [0.1, 0.15) is 23.6 Å². The summed E-state index contributed by atoms with van der Waals surface area (Å²) in [5, 5.41) is 0. The molecule has 0 heterocycles. The highest BCUT2D eigenvalue weighted by molar-refractivity contribution is 6.04. The van der Waals surface area contributed by atoms with E-state index in [1.54, 1.807) is 19.1 Å². The molecule has 0 fully saturated rings. The van der Waals surface area contributed by atoms with Gasteiger partial charge >= 0.3 is 6.18 Å². The second kappa shape index (κ2) is 6.57. The van der Waals surface area contributed by atoms with Gasteiger partial charge in [-0.3, -0.25) is 4.99 Å². The van der Waals surface area contributed by atoms with Crippen molar-refractivity contribution >= 4 is 5.71 Å². The van der Waals surface area contributed by atoms with Gasteiger partial charge in [0.25, 0.3) is 0 Å². The molecule has 4 heteroatoms. The van der Waals surface area contributed by atoms with Crippen molar-refractivity contribution in [3.63, 3.8) is 0 Å². The number of halogens is 3. The monoisotopic (exact) mass is 291 g/mol. The fourth-order valence-corrected chi connectivity index (χ4v) is 2.11. The van der Waals surface area contributed by atoms with E-state index in [0.717, 1.165) is 11.1 Å². The Balaban J connectivity index is 2.20. The van der Waals surface area contributed by atoms with Crippen molar-refractivity contribution in [2.24, 2.45) is 4.99 Å². The highest BCUT2D eigenvalue weighted by Crippen LogP contribution is 2.23. The van der Waals surface area contributed by atoms with Crippen molar-refractivity contribution < 1.29 is 13.2 Å². The van der Waals surface area contributed by atoms with Crippen LogP contribution in [0.3, 0.4) is 0 Å². The Bertz CT molecular complexity index is 598. The van der Waals surface area contributed by atoms with E-state index >= 15 is 0 Å². The molecule has 0 aliphatic rings. The van der Waals surface area contributed by atoms with Crippen LogP contribution < -0.4 is 0 Å². The fraction of sp³-hybridized carbons (Fsp3) is 0.235. The Morgan fingerprint density at radius 1 is 0.905 bits per heavy atom. The summed E-state index contributed by atoms with van der Waals surface area (Å²) < 4.78 is 38.7. The van der Waals surface area contributed by atoms with Crippen molar-refractivity contribution in [3.8, 4) is 0 Å². The summed E-state index contributed by atoms with van der Waals surface area (Å²) in [5.74, 6) is 0. The van der Waals surface area contributed by atoms with E-state index in [9.17, 15) is 13.2 Å². The molecule has 0 unspecified atom stereocenters. The third kappa shape index (κ3) is 4.18. The van der Waals surface area contributed by atoms with Gasteiger partial charge in [-0.15, -0.1) is 0 Å². The zero-order valence-corrected chi connectivity index (χ0v) is 11.7. The summed E-state index contributed by atoms with van der Waals surface area (Å²) in [6.45, 7) is 1.70. The minimum Gasteiger partial charge on any atom is -0.280 e. The average Bonchev–Trinajstić information content (AvgIpc) is 2.46. The predicted molar refractivity (Wildman–Crippen MR) is 78.8 cm³/mol. The van der Waals surface area contributed by atoms with Crippen LogP contribution in [-0.4, -0.2) is 18.4 Å². The number of hydrogen-bond donors (Lipinski definition) is 0. The third-order valence-electron chi connectivity index (χ3n) is 3.06. The van der Waals surface area contributed by atoms with Crippen LogP contribution in [0.2, 0.25) is 0 Å². The smallest absolute Gasteiger partial charge is 0.280 e. The number of benzene rings is 2. The van der Waals surface area contributed by atoms with E-state index < -0.39 is 11.9 Å². The lowest BCUT2D eigenvalue weighted by molar-refractivity contribution is -0.0582. The highest BCUT2D eigenvalue weighted by Gasteiger charge is 2.36. The molecule has 0 N–H and O–H groups in total. The molecular weight excluding hydrogens is 275 g/mol. The molecule has 110 valence electrons. The van der Waals surface area contributed by atoms with Gasteiger partial charge in [0.2, 0.25) is 0 Å². The molecule has 2 rings (SSSR count). The van der Waals surface area contributed by atoms with Crippen molar-refractivity contribution in [1.29, 1.82) is 0 Å². The van der Waals surface area contributed by atoms with E-state index in [2.05, 4.69) is 4.99 Å². The van der Waals surface area contributed by atoms with Crippen LogP contribution in [0, 0.1) is 0 Å². The lowest BCUT2D eigenvalue weighted by Gasteiger charge is -2.11. The molecule has 2 aromatic rings. The average molecular weight is 291 g/mol. The molecule has 0 amide bonds. The first-order valence-corrected chi connectivity index (χ1v) is 6.75. The normalized spacial score (nSPS) is 12.5. The van der Waals surface area contributed by atoms with Gasteiger partial charge in [0.15, 0.2) is 0 Å². The lowest BCUT2D eigenvalue weighted by atomic mass is 10.0. The van der Waals surface area contributed by atoms with Gasteiger partial charge in [-0.1, -0.05) is 54.6 Å². The van der Waals surface area contributed by atoms with Gasteiger partial charge in [0.1, 0.15) is 5.71 Å². The predicted octanol–water partition coefficient (Wildman–Crippen LogP) is 4.65. The van der Waals surface area contributed by atoms with Gasteiger partial charge in [-0.25, -0.2) is 0 Å². The topological polar surface area (TPSA) is 12.4 Å². The highest BCUT2D eigenvalue weighted by atomic mass is 19.4. The Labute approximate surface area is 122 Å². The van der Waals surface area contributed by atoms with Gasteiger partial charge in [-0.05, 0) is 24.5 Å². The van der Waals surface area contributed by atoms with E-state index in [4.69, 9.17) is 0 Å². The van der Waals surface area contributed by atoms with Crippen molar-refractivity contribution in [1.82, 2.24) is 0 Å². The zero-order valence-electron chi connectivity index (χ0n) is 11.7. The Morgan fingerprint density at radius 3 is 2.00 bits per heavy atom. The molecule has 1 nitrogen and oxygen atoms in total. The molecule has 0 spiro atoms. The maximum atomic E-state index is 12.9. The summed E-state index contributed by atoms with van der Waals surface area (Å²) in [6.07, 6.45) is -3.72. The minimum atomic E-state index is -4.42. The van der Waals surface area contributed by atoms with Gasteiger partial charge in [-0.2, -0.15) is 13.2 Å². The number of hydrogen-bond acceptors (Lipinski definition) is 1. The number of nitrogens with zero attached hydrogens (tertiary/aromatic N) is 1. The van der Waals surface area contributed by atoms with E-state index in [1.807, 2.05) is 30.3 Å². The standard InChI is InChI=1S/C17H16F3N/c1-2-21-16(17(18,19)20)15-10-8-14(9-11-15)12-13-6-4-3-5-7-13/h3-11H,2,12H2,1H3. The van der Waals surface area contributed by atoms with Crippen molar-refractivity contribution in [2.75, 3.05) is 6.54 Å². The molecular formula is C17H16F3N. The number of rotatable bonds is 4. The quantitative estimate of drug-likeness (QED) is 0.727. The number of aliphatic imine (C=N–C) groups is 1. The zero-order chi connectivity index (χ0) is 15.3. The van der Waals surface area contributed by atoms with E-state index in [0.29, 0.717) is 6.42 Å². The van der Waals surface area contributed by atoms with Crippen LogP contribution in [0.5, 0.6) is 0 Å². The molecule has 0 bridgehead atoms. The molecule has 0 aliphatic heterocycles. The molecule has 0 atom stereocenters. The maximum Gasteiger partial charge on any atom is 0.433 e. The minimum absolute atomic E-state index is 0.112. The Kier molecular flexibility index (Phi) is 4.78. The first kappa shape index (κ1) is 15.3. The molecule has 21 heavy (non-hydrogen) atoms. The summed E-state index contributed by atoms with van der Waals surface area (Å²) in [5.41, 5.74) is 1.41. The molecule has 0 radical (unpaired) electrons. The fourth-order valence-electron chi connectivity index (χ4n) is 2.11. The van der Waals surface area contributed by atoms with Gasteiger partial charge in [0.05, 0.1) is 0 Å². The Morgan fingerprint density at radius 2 is 1.48 bits per heavy atom. The maximum absolute atomic E-state index is 12.9. The summed E-state index contributed by atoms with van der Waals surface area (Å²) in [6, 6.07) is 16.2. The van der Waals surface area contributed by atoms with E-state index in [-0.39, 0.29) is 12.1 Å². The second-order valence-corrected chi connectivity index (χ2v) is 4.68. The Hall–Kier alpha value is -2.10. The van der Waals surface area contributed by atoms with Gasteiger partial charge < -0.3 is 0 Å². The molecule has 0 saturated heterocycles. The molecule has 0 aliphatic carbocycles. The lowest BCUT2D eigenvalue weighted by Crippen LogP contribution is -2.24. The van der Waals surface area contributed by atoms with Crippen molar-refractivity contribution in [2.45, 2.75) is 19.5 Å². The second-order valence-electron chi connectivity index (χ2n) is 4.68. The van der Waals surface area contributed by atoms with Crippen molar-refractivity contribution in [3.05, 3.63) is 71.3 Å². The summed E-state index contributed by atoms with van der Waals surface area (Å²) in [4.78, 5) is 3.57. The van der Waals surface area contributed by atoms with E-state index in [1.165, 1.54) is 12.1 Å². The first-order valence-electron chi connectivity index (χ1n) is 6.75. The summed E-state index contributed by atoms with van der Waals surface area (Å²) >= 11 is 0. The molecule has 0 aromatic heterocycles. The third-order valence-corrected chi connectivity index (χ3v) is 3.06. The van der Waals surface area contributed by atoms with Crippen LogP contribution in [0.15, 0.2) is 59.6 Å². The van der Waals surface area contributed by atoms with Gasteiger partial charge in [0, 0.05) is 12.1 Å². The van der Waals surface area contributed by atoms with Crippen LogP contribution in [0.4, 0.5) is 13.2 Å². The SMILES string of the molecule is CCN=C(c1ccc(Cc2ccccc2)cc1)C(F)(F)F. The summed E-state index contributed by atoms with van der Waals surface area (Å²) in [7, 11) is 0. The van der Waals surface area contributed by atoms with Crippen LogP contribution >= 0.6 is 0 Å². The van der Waals surface area contributed by atoms with Crippen LogP contribution in [0.25, 0.3) is 0 Å². The molecule has 2 aromatic carbocycles. The number of alkyl halides is 3. The first-order chi connectivity index (χ1) is 10.0. The largest absolute Gasteiger partial charge is 0.433 e.